The van der Waals surface area contributed by atoms with Crippen LogP contribution in [0.3, 0.4) is 0 Å². The van der Waals surface area contributed by atoms with E-state index < -0.39 is 12.0 Å². The van der Waals surface area contributed by atoms with Crippen LogP contribution in [0.25, 0.3) is 10.8 Å². The third-order valence-corrected chi connectivity index (χ3v) is 6.75. The molecule has 0 heterocycles. The summed E-state index contributed by atoms with van der Waals surface area (Å²) < 4.78 is 11.0. The van der Waals surface area contributed by atoms with Crippen LogP contribution in [0.4, 0.5) is 0 Å². The summed E-state index contributed by atoms with van der Waals surface area (Å²) in [6.45, 7) is 4.82. The van der Waals surface area contributed by atoms with Crippen LogP contribution in [0, 0.1) is 0 Å². The molecule has 4 aromatic rings. The Morgan fingerprint density at radius 1 is 0.868 bits per heavy atom. The Balaban J connectivity index is 1.31. The van der Waals surface area contributed by atoms with E-state index in [1.807, 2.05) is 54.6 Å². The van der Waals surface area contributed by atoms with Crippen molar-refractivity contribution >= 4 is 16.7 Å². The van der Waals surface area contributed by atoms with Crippen molar-refractivity contribution in [2.75, 3.05) is 20.3 Å². The number of esters is 1. The Morgan fingerprint density at radius 3 is 2.37 bits per heavy atom. The summed E-state index contributed by atoms with van der Waals surface area (Å²) in [6, 6.07) is 32.2. The molecule has 0 amide bonds. The zero-order valence-electron chi connectivity index (χ0n) is 22.4. The zero-order valence-corrected chi connectivity index (χ0v) is 22.4. The molecule has 198 valence electrons. The molecule has 5 heteroatoms. The summed E-state index contributed by atoms with van der Waals surface area (Å²) in [6.07, 6.45) is 0.690. The van der Waals surface area contributed by atoms with Gasteiger partial charge in [0, 0.05) is 12.1 Å². The number of ether oxygens (including phenoxy) is 2. The molecule has 0 fully saturated rings. The van der Waals surface area contributed by atoms with Gasteiger partial charge in [0.05, 0.1) is 13.0 Å². The first-order chi connectivity index (χ1) is 18.3. The summed E-state index contributed by atoms with van der Waals surface area (Å²) in [5.41, 5.74) is 2.93. The normalized spacial score (nSPS) is 13.2. The Hall–Kier alpha value is -3.67. The molecule has 2 atom stereocenters. The van der Waals surface area contributed by atoms with E-state index in [1.165, 1.54) is 23.4 Å². The molecule has 4 aromatic carbocycles. The van der Waals surface area contributed by atoms with Gasteiger partial charge >= 0.3 is 5.97 Å². The number of methoxy groups -OCH3 is 1. The summed E-state index contributed by atoms with van der Waals surface area (Å²) in [4.78, 5) is 12.6. The van der Waals surface area contributed by atoms with Crippen LogP contribution in [0.2, 0.25) is 0 Å². The van der Waals surface area contributed by atoms with Crippen LogP contribution < -0.4 is 10.1 Å². The van der Waals surface area contributed by atoms with E-state index in [9.17, 15) is 9.90 Å². The highest BCUT2D eigenvalue weighted by Gasteiger charge is 2.23. The number of hydrogen-bond donors (Lipinski definition) is 2. The van der Waals surface area contributed by atoms with Crippen molar-refractivity contribution in [2.24, 2.45) is 0 Å². The largest absolute Gasteiger partial charge is 0.491 e. The lowest BCUT2D eigenvalue weighted by Gasteiger charge is -2.28. The van der Waals surface area contributed by atoms with E-state index >= 15 is 0 Å². The Bertz CT molecular complexity index is 1340. The number of β-amino-alcohol motifs (C(OH)–C–C–N with tert-alkyl or cyclic N) is 1. The van der Waals surface area contributed by atoms with Crippen LogP contribution in [-0.2, 0) is 22.4 Å². The maximum atomic E-state index is 12.6. The van der Waals surface area contributed by atoms with E-state index in [2.05, 4.69) is 61.6 Å². The van der Waals surface area contributed by atoms with Crippen LogP contribution in [0.5, 0.6) is 5.75 Å². The molecule has 0 unspecified atom stereocenters. The summed E-state index contributed by atoms with van der Waals surface area (Å²) in [7, 11) is 1.41. The highest BCUT2D eigenvalue weighted by Crippen LogP contribution is 2.26. The number of nitrogens with one attached hydrogen (secondary N) is 1. The van der Waals surface area contributed by atoms with Crippen LogP contribution >= 0.6 is 0 Å². The molecular weight excluding hydrogens is 474 g/mol. The molecule has 0 saturated heterocycles. The summed E-state index contributed by atoms with van der Waals surface area (Å²) in [5, 5.41) is 16.6. The monoisotopic (exact) mass is 511 g/mol. The number of aliphatic hydroxyl groups excluding tert-OH is 1. The molecule has 0 aromatic heterocycles. The maximum Gasteiger partial charge on any atom is 0.313 e. The van der Waals surface area contributed by atoms with Crippen molar-refractivity contribution in [2.45, 2.75) is 44.2 Å². The van der Waals surface area contributed by atoms with Crippen LogP contribution in [0.15, 0.2) is 97.1 Å². The van der Waals surface area contributed by atoms with Gasteiger partial charge in [-0.3, -0.25) is 4.79 Å². The van der Waals surface area contributed by atoms with E-state index in [-0.39, 0.29) is 18.1 Å². The minimum Gasteiger partial charge on any atom is -0.491 e. The second-order valence-corrected chi connectivity index (χ2v) is 10.4. The Morgan fingerprint density at radius 2 is 1.61 bits per heavy atom. The molecule has 0 spiro atoms. The van der Waals surface area contributed by atoms with E-state index in [0.717, 1.165) is 17.5 Å². The number of rotatable bonds is 12. The second-order valence-electron chi connectivity index (χ2n) is 10.4. The number of carbonyl (C=O) groups is 1. The van der Waals surface area contributed by atoms with E-state index in [4.69, 9.17) is 9.47 Å². The minimum absolute atomic E-state index is 0.143. The molecule has 5 nitrogen and oxygen atoms in total. The van der Waals surface area contributed by atoms with Gasteiger partial charge in [0.2, 0.25) is 0 Å². The van der Waals surface area contributed by atoms with Gasteiger partial charge in [0.15, 0.2) is 0 Å². The van der Waals surface area contributed by atoms with E-state index in [0.29, 0.717) is 18.7 Å². The van der Waals surface area contributed by atoms with Gasteiger partial charge in [-0.15, -0.1) is 0 Å². The van der Waals surface area contributed by atoms with Crippen molar-refractivity contribution < 1.29 is 19.4 Å². The number of benzene rings is 4. The van der Waals surface area contributed by atoms with Crippen molar-refractivity contribution in [1.29, 1.82) is 0 Å². The second kappa shape index (κ2) is 12.7. The highest BCUT2D eigenvalue weighted by atomic mass is 16.5. The Kier molecular flexibility index (Phi) is 9.16. The quantitative estimate of drug-likeness (QED) is 0.239. The smallest absolute Gasteiger partial charge is 0.313 e. The van der Waals surface area contributed by atoms with Gasteiger partial charge in [-0.1, -0.05) is 84.9 Å². The molecule has 38 heavy (non-hydrogen) atoms. The molecule has 4 rings (SSSR count). The van der Waals surface area contributed by atoms with Crippen molar-refractivity contribution in [1.82, 2.24) is 5.32 Å². The number of fused-ring (bicyclic) bond motifs is 1. The predicted molar refractivity (Wildman–Crippen MR) is 153 cm³/mol. The molecule has 0 bridgehead atoms. The molecule has 0 saturated carbocycles. The van der Waals surface area contributed by atoms with Crippen molar-refractivity contribution in [3.63, 3.8) is 0 Å². The molecule has 0 radical (unpaired) electrons. The topological polar surface area (TPSA) is 67.8 Å². The SMILES string of the molecule is COC(=O)[C@H](Cc1ccccc1)c1cccc(OC[C@H](O)CNC(C)(C)Cc2ccc3ccccc3c2)c1. The van der Waals surface area contributed by atoms with Crippen molar-refractivity contribution in [3.05, 3.63) is 114 Å². The first-order valence-corrected chi connectivity index (χ1v) is 13.1. The lowest BCUT2D eigenvalue weighted by atomic mass is 9.92. The first kappa shape index (κ1) is 27.4. The molecular formula is C33H37NO4. The minimum atomic E-state index is -0.685. The summed E-state index contributed by atoms with van der Waals surface area (Å²) >= 11 is 0. The average Bonchev–Trinajstić information content (AvgIpc) is 2.94. The van der Waals surface area contributed by atoms with Gasteiger partial charge in [0.25, 0.3) is 0 Å². The number of hydrogen-bond acceptors (Lipinski definition) is 5. The van der Waals surface area contributed by atoms with Gasteiger partial charge in [-0.05, 0) is 66.3 Å². The lowest BCUT2D eigenvalue weighted by molar-refractivity contribution is -0.142. The fourth-order valence-corrected chi connectivity index (χ4v) is 4.72. The standard InChI is InChI=1S/C33H37NO4/c1-33(2,21-25-16-17-26-12-7-8-13-27(26)18-25)34-22-29(35)23-38-30-15-9-14-28(20-30)31(32(36)37-3)19-24-10-5-4-6-11-24/h4-18,20,29,31,34-35H,19,21-23H2,1-3H3/t29-,31-/m1/s1. The molecule has 0 aliphatic rings. The Labute approximate surface area is 225 Å². The highest BCUT2D eigenvalue weighted by molar-refractivity contribution is 5.83. The molecule has 0 aliphatic carbocycles. The summed E-state index contributed by atoms with van der Waals surface area (Å²) in [5.74, 6) is -0.115. The van der Waals surface area contributed by atoms with Crippen LogP contribution in [-0.4, -0.2) is 43.0 Å². The number of carbonyl (C=O) groups excluding carboxylic acids is 1. The number of aliphatic hydroxyl groups is 1. The van der Waals surface area contributed by atoms with Gasteiger partial charge < -0.3 is 19.9 Å². The molecule has 2 N–H and O–H groups in total. The van der Waals surface area contributed by atoms with Gasteiger partial charge in [-0.25, -0.2) is 0 Å². The zero-order chi connectivity index (χ0) is 27.0. The fourth-order valence-electron chi connectivity index (χ4n) is 4.72. The average molecular weight is 512 g/mol. The van der Waals surface area contributed by atoms with Crippen LogP contribution in [0.1, 0.15) is 36.5 Å². The first-order valence-electron chi connectivity index (χ1n) is 13.1. The molecule has 0 aliphatic heterocycles. The predicted octanol–water partition coefficient (Wildman–Crippen LogP) is 5.69. The van der Waals surface area contributed by atoms with E-state index in [1.54, 1.807) is 0 Å². The third kappa shape index (κ3) is 7.67. The maximum absolute atomic E-state index is 12.6. The van der Waals surface area contributed by atoms with Gasteiger partial charge in [0.1, 0.15) is 18.5 Å². The lowest BCUT2D eigenvalue weighted by Crippen LogP contribution is -2.46. The van der Waals surface area contributed by atoms with Crippen molar-refractivity contribution in [3.8, 4) is 5.75 Å². The fraction of sp³-hybridized carbons (Fsp3) is 0.303. The van der Waals surface area contributed by atoms with Gasteiger partial charge in [-0.2, -0.15) is 0 Å². The third-order valence-electron chi connectivity index (χ3n) is 6.75.